The number of hydrogen-bond acceptors (Lipinski definition) is 4. The minimum absolute atomic E-state index is 0.575. The molecule has 0 fully saturated rings. The maximum Gasteiger partial charge on any atom is 0.181 e. The molecule has 1 heterocycles. The number of aromatic nitrogens is 3. The summed E-state index contributed by atoms with van der Waals surface area (Å²) in [6, 6.07) is 13.8. The van der Waals surface area contributed by atoms with Gasteiger partial charge in [-0.05, 0) is 44.5 Å². The number of benzene rings is 2. The average molecular weight is 323 g/mol. The maximum atomic E-state index is 5.67. The van der Waals surface area contributed by atoms with Crippen molar-refractivity contribution >= 4 is 0 Å². The lowest BCUT2D eigenvalue weighted by Crippen LogP contribution is -1.98. The molecule has 0 radical (unpaired) electrons. The molecule has 3 rings (SSSR count). The largest absolute Gasteiger partial charge is 0.490 e. The van der Waals surface area contributed by atoms with E-state index in [0.29, 0.717) is 24.8 Å². The van der Waals surface area contributed by atoms with Gasteiger partial charge in [0, 0.05) is 11.1 Å². The van der Waals surface area contributed by atoms with E-state index < -0.39 is 0 Å². The van der Waals surface area contributed by atoms with Crippen LogP contribution in [0.2, 0.25) is 0 Å². The van der Waals surface area contributed by atoms with Crippen molar-refractivity contribution in [3.8, 4) is 34.3 Å². The number of nitrogens with zero attached hydrogens (tertiary/aromatic N) is 2. The topological polar surface area (TPSA) is 60.0 Å². The molecule has 0 atom stereocenters. The Bertz CT molecular complexity index is 827. The maximum absolute atomic E-state index is 5.67. The number of aryl methyl sites for hydroxylation is 1. The number of nitrogens with one attached hydrogen (secondary N) is 1. The first-order chi connectivity index (χ1) is 11.7. The fourth-order valence-corrected chi connectivity index (χ4v) is 2.54. The molecule has 0 saturated carbocycles. The minimum atomic E-state index is 0.575. The molecule has 0 aliphatic rings. The van der Waals surface area contributed by atoms with Gasteiger partial charge < -0.3 is 9.47 Å². The Morgan fingerprint density at radius 3 is 2.46 bits per heavy atom. The van der Waals surface area contributed by atoms with Crippen molar-refractivity contribution in [1.82, 2.24) is 15.2 Å². The predicted octanol–water partition coefficient (Wildman–Crippen LogP) is 4.24. The van der Waals surface area contributed by atoms with Crippen LogP contribution in [0, 0.1) is 6.92 Å². The molecular weight excluding hydrogens is 302 g/mol. The van der Waals surface area contributed by atoms with Crippen LogP contribution in [0.15, 0.2) is 42.5 Å². The Hall–Kier alpha value is -2.82. The lowest BCUT2D eigenvalue weighted by Gasteiger charge is -2.11. The van der Waals surface area contributed by atoms with Gasteiger partial charge in [0.05, 0.1) is 13.2 Å². The molecule has 2 aromatic carbocycles. The summed E-state index contributed by atoms with van der Waals surface area (Å²) in [5.74, 6) is 2.84. The van der Waals surface area contributed by atoms with E-state index in [1.165, 1.54) is 0 Å². The Kier molecular flexibility index (Phi) is 4.79. The third-order valence-corrected chi connectivity index (χ3v) is 3.69. The van der Waals surface area contributed by atoms with Gasteiger partial charge in [-0.3, -0.25) is 5.10 Å². The fraction of sp³-hybridized carbons (Fsp3) is 0.263. The van der Waals surface area contributed by atoms with Crippen LogP contribution in [0.3, 0.4) is 0 Å². The summed E-state index contributed by atoms with van der Waals surface area (Å²) in [4.78, 5) is 4.63. The fourth-order valence-electron chi connectivity index (χ4n) is 2.54. The van der Waals surface area contributed by atoms with Gasteiger partial charge in [-0.1, -0.05) is 24.3 Å². The first-order valence-corrected chi connectivity index (χ1v) is 8.11. The van der Waals surface area contributed by atoms with Gasteiger partial charge in [0.1, 0.15) is 0 Å². The number of aromatic amines is 1. The quantitative estimate of drug-likeness (QED) is 0.737. The Balaban J connectivity index is 1.95. The van der Waals surface area contributed by atoms with E-state index in [1.807, 2.05) is 50.2 Å². The first kappa shape index (κ1) is 16.1. The molecule has 0 spiro atoms. The third-order valence-electron chi connectivity index (χ3n) is 3.69. The number of rotatable bonds is 6. The third kappa shape index (κ3) is 3.25. The highest BCUT2D eigenvalue weighted by Gasteiger charge is 2.12. The van der Waals surface area contributed by atoms with Crippen LogP contribution in [0.1, 0.15) is 19.4 Å². The first-order valence-electron chi connectivity index (χ1n) is 8.11. The Morgan fingerprint density at radius 2 is 1.71 bits per heavy atom. The predicted molar refractivity (Wildman–Crippen MR) is 94.3 cm³/mol. The van der Waals surface area contributed by atoms with Crippen LogP contribution >= 0.6 is 0 Å². The van der Waals surface area contributed by atoms with Gasteiger partial charge in [0.2, 0.25) is 0 Å². The highest BCUT2D eigenvalue weighted by atomic mass is 16.5. The molecule has 0 aliphatic heterocycles. The zero-order chi connectivity index (χ0) is 16.9. The summed E-state index contributed by atoms with van der Waals surface area (Å²) in [7, 11) is 0. The van der Waals surface area contributed by atoms with Crippen molar-refractivity contribution in [3.05, 3.63) is 48.0 Å². The Labute approximate surface area is 141 Å². The van der Waals surface area contributed by atoms with Crippen molar-refractivity contribution in [1.29, 1.82) is 0 Å². The van der Waals surface area contributed by atoms with Gasteiger partial charge in [0.25, 0.3) is 0 Å². The van der Waals surface area contributed by atoms with Crippen molar-refractivity contribution in [2.75, 3.05) is 13.2 Å². The number of H-pyrrole nitrogens is 1. The van der Waals surface area contributed by atoms with Crippen molar-refractivity contribution in [3.63, 3.8) is 0 Å². The van der Waals surface area contributed by atoms with Gasteiger partial charge in [-0.15, -0.1) is 0 Å². The van der Waals surface area contributed by atoms with Crippen molar-refractivity contribution in [2.24, 2.45) is 0 Å². The molecule has 124 valence electrons. The highest BCUT2D eigenvalue weighted by Crippen LogP contribution is 2.32. The normalized spacial score (nSPS) is 10.6. The summed E-state index contributed by atoms with van der Waals surface area (Å²) in [6.45, 7) is 7.13. The Morgan fingerprint density at radius 1 is 0.958 bits per heavy atom. The summed E-state index contributed by atoms with van der Waals surface area (Å²) < 4.78 is 11.3. The molecule has 0 saturated heterocycles. The molecule has 0 unspecified atom stereocenters. The summed E-state index contributed by atoms with van der Waals surface area (Å²) in [6.07, 6.45) is 0. The summed E-state index contributed by atoms with van der Waals surface area (Å²) in [5, 5.41) is 7.37. The van der Waals surface area contributed by atoms with E-state index in [-0.39, 0.29) is 0 Å². The lowest BCUT2D eigenvalue weighted by molar-refractivity contribution is 0.288. The van der Waals surface area contributed by atoms with Crippen LogP contribution in [0.5, 0.6) is 11.5 Å². The molecule has 0 aliphatic carbocycles. The zero-order valence-electron chi connectivity index (χ0n) is 14.2. The van der Waals surface area contributed by atoms with Crippen LogP contribution in [0.25, 0.3) is 22.8 Å². The van der Waals surface area contributed by atoms with Gasteiger partial charge in [-0.25, -0.2) is 4.98 Å². The molecule has 24 heavy (non-hydrogen) atoms. The molecule has 3 aromatic rings. The zero-order valence-corrected chi connectivity index (χ0v) is 14.2. The van der Waals surface area contributed by atoms with Crippen molar-refractivity contribution in [2.45, 2.75) is 20.8 Å². The van der Waals surface area contributed by atoms with Crippen LogP contribution in [-0.2, 0) is 0 Å². The van der Waals surface area contributed by atoms with E-state index in [1.54, 1.807) is 0 Å². The standard InChI is InChI=1S/C19H21N3O2/c1-4-23-16-11-10-14(12-17(16)24-5-2)18-20-19(22-21-18)15-9-7-6-8-13(15)3/h6-12H,4-5H2,1-3H3,(H,20,21,22). The molecule has 5 heteroatoms. The SMILES string of the molecule is CCOc1ccc(-c2n[nH]c(-c3ccccc3C)n2)cc1OCC. The molecule has 0 amide bonds. The van der Waals surface area contributed by atoms with Crippen LogP contribution < -0.4 is 9.47 Å². The van der Waals surface area contributed by atoms with E-state index in [0.717, 1.165) is 28.3 Å². The second-order valence-electron chi connectivity index (χ2n) is 5.35. The monoisotopic (exact) mass is 323 g/mol. The van der Waals surface area contributed by atoms with E-state index in [4.69, 9.17) is 9.47 Å². The van der Waals surface area contributed by atoms with E-state index in [9.17, 15) is 0 Å². The van der Waals surface area contributed by atoms with Gasteiger partial charge in [0.15, 0.2) is 23.1 Å². The molecule has 1 N–H and O–H groups in total. The van der Waals surface area contributed by atoms with E-state index >= 15 is 0 Å². The second kappa shape index (κ2) is 7.17. The summed E-state index contributed by atoms with van der Waals surface area (Å²) in [5.41, 5.74) is 3.09. The van der Waals surface area contributed by atoms with Crippen molar-refractivity contribution < 1.29 is 9.47 Å². The second-order valence-corrected chi connectivity index (χ2v) is 5.35. The molecule has 5 nitrogen and oxygen atoms in total. The molecular formula is C19H21N3O2. The lowest BCUT2D eigenvalue weighted by atomic mass is 10.1. The molecule has 0 bridgehead atoms. The van der Waals surface area contributed by atoms with Crippen LogP contribution in [-0.4, -0.2) is 28.4 Å². The number of hydrogen-bond donors (Lipinski definition) is 1. The molecule has 1 aromatic heterocycles. The highest BCUT2D eigenvalue weighted by molar-refractivity contribution is 5.65. The van der Waals surface area contributed by atoms with Crippen LogP contribution in [0.4, 0.5) is 0 Å². The number of ether oxygens (including phenoxy) is 2. The van der Waals surface area contributed by atoms with Gasteiger partial charge in [-0.2, -0.15) is 5.10 Å². The van der Waals surface area contributed by atoms with E-state index in [2.05, 4.69) is 28.2 Å². The smallest absolute Gasteiger partial charge is 0.181 e. The average Bonchev–Trinajstić information content (AvgIpc) is 3.07. The minimum Gasteiger partial charge on any atom is -0.490 e. The summed E-state index contributed by atoms with van der Waals surface area (Å²) >= 11 is 0. The van der Waals surface area contributed by atoms with Gasteiger partial charge >= 0.3 is 0 Å².